The Bertz CT molecular complexity index is 669. The highest BCUT2D eigenvalue weighted by atomic mass is 15.4. The van der Waals surface area contributed by atoms with Gasteiger partial charge in [0.25, 0.3) is 5.95 Å². The minimum absolute atomic E-state index is 0.117. The van der Waals surface area contributed by atoms with Crippen LogP contribution in [0.2, 0.25) is 0 Å². The smallest absolute Gasteiger partial charge is 0.257 e. The Kier molecular flexibility index (Phi) is 2.22. The van der Waals surface area contributed by atoms with Gasteiger partial charge in [-0.15, -0.1) is 0 Å². The van der Waals surface area contributed by atoms with Crippen molar-refractivity contribution in [1.82, 2.24) is 39.5 Å². The normalized spacial score (nSPS) is 10.7. The molecule has 0 radical (unpaired) electrons. The lowest BCUT2D eigenvalue weighted by Gasteiger charge is -2.04. The van der Waals surface area contributed by atoms with E-state index in [0.717, 1.165) is 5.69 Å². The molecule has 0 atom stereocenters. The number of nitrogens with two attached hydrogens (primary N) is 1. The lowest BCUT2D eigenvalue weighted by atomic mass is 10.4. The summed E-state index contributed by atoms with van der Waals surface area (Å²) in [6.07, 6.45) is 4.54. The molecule has 90 valence electrons. The summed E-state index contributed by atoms with van der Waals surface area (Å²) in [4.78, 5) is 16.2. The van der Waals surface area contributed by atoms with E-state index in [-0.39, 0.29) is 5.95 Å². The number of aryl methyl sites for hydroxylation is 1. The van der Waals surface area contributed by atoms with E-state index in [9.17, 15) is 0 Å². The van der Waals surface area contributed by atoms with Crippen molar-refractivity contribution in [3.05, 3.63) is 24.9 Å². The molecule has 3 rings (SSSR count). The van der Waals surface area contributed by atoms with Crippen LogP contribution >= 0.6 is 0 Å². The number of aromatic nitrogens is 8. The largest absolute Gasteiger partial charge is 0.368 e. The molecule has 18 heavy (non-hydrogen) atoms. The van der Waals surface area contributed by atoms with Gasteiger partial charge in [-0.05, 0) is 6.07 Å². The van der Waals surface area contributed by atoms with Crippen LogP contribution in [0.3, 0.4) is 0 Å². The van der Waals surface area contributed by atoms with Gasteiger partial charge < -0.3 is 5.73 Å². The van der Waals surface area contributed by atoms with Gasteiger partial charge in [0.05, 0.1) is 0 Å². The van der Waals surface area contributed by atoms with E-state index >= 15 is 0 Å². The lowest BCUT2D eigenvalue weighted by molar-refractivity contribution is 0.760. The number of nitrogen functional groups attached to an aromatic ring is 1. The summed E-state index contributed by atoms with van der Waals surface area (Å²) in [7, 11) is 1.80. The van der Waals surface area contributed by atoms with E-state index in [4.69, 9.17) is 5.73 Å². The highest BCUT2D eigenvalue weighted by Gasteiger charge is 2.11. The summed E-state index contributed by atoms with van der Waals surface area (Å²) < 4.78 is 3.07. The Morgan fingerprint density at radius 2 is 2.06 bits per heavy atom. The second-order valence-corrected chi connectivity index (χ2v) is 3.50. The molecule has 0 unspecified atom stereocenters. The Balaban J connectivity index is 2.15. The first-order valence-corrected chi connectivity index (χ1v) is 5.09. The molecule has 0 aliphatic heterocycles. The SMILES string of the molecule is Cn1nccc1-c1nc(N)nc(-n2cncn2)n1. The average molecular weight is 243 g/mol. The zero-order chi connectivity index (χ0) is 12.5. The monoisotopic (exact) mass is 243 g/mol. The molecular formula is C9H9N9. The first kappa shape index (κ1) is 10.3. The predicted molar refractivity (Wildman–Crippen MR) is 61.4 cm³/mol. The second-order valence-electron chi connectivity index (χ2n) is 3.50. The molecule has 0 aliphatic rings. The van der Waals surface area contributed by atoms with Gasteiger partial charge in [-0.1, -0.05) is 0 Å². The number of hydrogen-bond acceptors (Lipinski definition) is 7. The number of nitrogens with zero attached hydrogens (tertiary/aromatic N) is 8. The van der Waals surface area contributed by atoms with Gasteiger partial charge >= 0.3 is 0 Å². The molecule has 3 aromatic rings. The Labute approximate surface area is 101 Å². The number of hydrogen-bond donors (Lipinski definition) is 1. The topological polar surface area (TPSA) is 113 Å². The van der Waals surface area contributed by atoms with Gasteiger partial charge in [0.15, 0.2) is 5.82 Å². The van der Waals surface area contributed by atoms with Gasteiger partial charge in [-0.25, -0.2) is 4.98 Å². The minimum Gasteiger partial charge on any atom is -0.368 e. The van der Waals surface area contributed by atoms with Crippen LogP contribution in [-0.2, 0) is 7.05 Å². The maximum Gasteiger partial charge on any atom is 0.257 e. The average Bonchev–Trinajstić information content (AvgIpc) is 2.98. The molecule has 0 saturated carbocycles. The molecule has 2 N–H and O–H groups in total. The second kappa shape index (κ2) is 3.87. The third-order valence-electron chi connectivity index (χ3n) is 2.31. The first-order valence-electron chi connectivity index (χ1n) is 5.09. The van der Waals surface area contributed by atoms with E-state index in [1.807, 2.05) is 0 Å². The van der Waals surface area contributed by atoms with Crippen molar-refractivity contribution >= 4 is 5.95 Å². The Morgan fingerprint density at radius 1 is 1.17 bits per heavy atom. The van der Waals surface area contributed by atoms with Crippen molar-refractivity contribution in [2.24, 2.45) is 7.05 Å². The first-order chi connectivity index (χ1) is 8.74. The molecule has 3 heterocycles. The van der Waals surface area contributed by atoms with E-state index < -0.39 is 0 Å². The highest BCUT2D eigenvalue weighted by Crippen LogP contribution is 2.14. The number of anilines is 1. The van der Waals surface area contributed by atoms with Crippen LogP contribution < -0.4 is 5.73 Å². The predicted octanol–water partition coefficient (Wildman–Crippen LogP) is -0.565. The van der Waals surface area contributed by atoms with Crippen molar-refractivity contribution in [3.63, 3.8) is 0 Å². The fraction of sp³-hybridized carbons (Fsp3) is 0.111. The molecule has 3 aromatic heterocycles. The van der Waals surface area contributed by atoms with Crippen LogP contribution in [0.1, 0.15) is 0 Å². The van der Waals surface area contributed by atoms with Crippen LogP contribution in [0.15, 0.2) is 24.9 Å². The Morgan fingerprint density at radius 3 is 2.72 bits per heavy atom. The van der Waals surface area contributed by atoms with Gasteiger partial charge in [0.1, 0.15) is 18.3 Å². The fourth-order valence-corrected chi connectivity index (χ4v) is 1.50. The molecular weight excluding hydrogens is 234 g/mol. The van der Waals surface area contributed by atoms with E-state index in [1.165, 1.54) is 17.3 Å². The molecule has 0 spiro atoms. The molecule has 0 saturated heterocycles. The van der Waals surface area contributed by atoms with Crippen molar-refractivity contribution < 1.29 is 0 Å². The minimum atomic E-state index is 0.117. The van der Waals surface area contributed by atoms with E-state index in [0.29, 0.717) is 11.8 Å². The van der Waals surface area contributed by atoms with Gasteiger partial charge in [-0.2, -0.15) is 29.8 Å². The summed E-state index contributed by atoms with van der Waals surface area (Å²) in [6.45, 7) is 0. The summed E-state index contributed by atoms with van der Waals surface area (Å²) in [6, 6.07) is 1.79. The summed E-state index contributed by atoms with van der Waals surface area (Å²) in [5, 5.41) is 8.00. The third kappa shape index (κ3) is 1.67. The Hall–Kier alpha value is -2.84. The molecule has 0 fully saturated rings. The highest BCUT2D eigenvalue weighted by molar-refractivity contribution is 5.51. The zero-order valence-corrected chi connectivity index (χ0v) is 9.46. The lowest BCUT2D eigenvalue weighted by Crippen LogP contribution is -2.09. The maximum atomic E-state index is 5.67. The quantitative estimate of drug-likeness (QED) is 0.641. The fourth-order valence-electron chi connectivity index (χ4n) is 1.50. The summed E-state index contributed by atoms with van der Waals surface area (Å²) in [5.74, 6) is 0.871. The van der Waals surface area contributed by atoms with Crippen molar-refractivity contribution in [2.75, 3.05) is 5.73 Å². The molecule has 9 heteroatoms. The van der Waals surface area contributed by atoms with Gasteiger partial charge in [0, 0.05) is 13.2 Å². The number of rotatable bonds is 2. The summed E-state index contributed by atoms with van der Waals surface area (Å²) in [5.41, 5.74) is 6.41. The molecule has 0 aliphatic carbocycles. The standard InChI is InChI=1S/C9H9N9/c1-17-6(2-3-12-17)7-14-8(10)16-9(15-7)18-5-11-4-13-18/h2-5H,1H3,(H2,10,14,15,16). The van der Waals surface area contributed by atoms with Crippen molar-refractivity contribution in [1.29, 1.82) is 0 Å². The molecule has 0 aromatic carbocycles. The van der Waals surface area contributed by atoms with Crippen LogP contribution in [0, 0.1) is 0 Å². The van der Waals surface area contributed by atoms with Crippen molar-refractivity contribution in [3.8, 4) is 17.5 Å². The molecule has 0 amide bonds. The van der Waals surface area contributed by atoms with Crippen LogP contribution in [0.5, 0.6) is 0 Å². The maximum absolute atomic E-state index is 5.67. The van der Waals surface area contributed by atoms with Crippen LogP contribution in [0.4, 0.5) is 5.95 Å². The summed E-state index contributed by atoms with van der Waals surface area (Å²) >= 11 is 0. The third-order valence-corrected chi connectivity index (χ3v) is 2.31. The molecule has 0 bridgehead atoms. The van der Waals surface area contributed by atoms with Crippen molar-refractivity contribution in [2.45, 2.75) is 0 Å². The zero-order valence-electron chi connectivity index (χ0n) is 9.46. The van der Waals surface area contributed by atoms with E-state index in [1.54, 1.807) is 24.0 Å². The van der Waals surface area contributed by atoms with Crippen LogP contribution in [0.25, 0.3) is 17.5 Å². The van der Waals surface area contributed by atoms with Crippen LogP contribution in [-0.4, -0.2) is 39.5 Å². The van der Waals surface area contributed by atoms with Gasteiger partial charge in [-0.3, -0.25) is 4.68 Å². The molecule has 9 nitrogen and oxygen atoms in total. The van der Waals surface area contributed by atoms with E-state index in [2.05, 4.69) is 30.1 Å². The van der Waals surface area contributed by atoms with Gasteiger partial charge in [0.2, 0.25) is 5.95 Å².